The molecule has 0 bridgehead atoms. The van der Waals surface area contributed by atoms with Crippen LogP contribution in [-0.4, -0.2) is 15.2 Å². The molecule has 0 amide bonds. The highest BCUT2D eigenvalue weighted by molar-refractivity contribution is 6.30. The van der Waals surface area contributed by atoms with Crippen LogP contribution in [-0.2, 0) is 6.42 Å². The van der Waals surface area contributed by atoms with Crippen molar-refractivity contribution in [3.63, 3.8) is 0 Å². The molecule has 0 aliphatic heterocycles. The highest BCUT2D eigenvalue weighted by Crippen LogP contribution is 2.18. The summed E-state index contributed by atoms with van der Waals surface area (Å²) < 4.78 is 0. The minimum Gasteiger partial charge on any atom is -0.237 e. The lowest BCUT2D eigenvalue weighted by Gasteiger charge is -2.03. The third kappa shape index (κ3) is 7.96. The summed E-state index contributed by atoms with van der Waals surface area (Å²) in [6.07, 6.45) is 16.2. The molecule has 0 saturated heterocycles. The summed E-state index contributed by atoms with van der Waals surface area (Å²) in [5.41, 5.74) is 1.79. The molecule has 2 rings (SSSR count). The molecule has 1 aromatic carbocycles. The van der Waals surface area contributed by atoms with Crippen molar-refractivity contribution in [3.8, 4) is 11.3 Å². The number of unbranched alkanes of at least 4 members (excludes halogenated alkanes) is 9. The van der Waals surface area contributed by atoms with Crippen molar-refractivity contribution in [2.24, 2.45) is 0 Å². The topological polar surface area (TPSA) is 38.7 Å². The van der Waals surface area contributed by atoms with Crippen molar-refractivity contribution in [1.82, 2.24) is 15.2 Å². The third-order valence-corrected chi connectivity index (χ3v) is 4.75. The van der Waals surface area contributed by atoms with E-state index >= 15 is 0 Å². The zero-order chi connectivity index (χ0) is 17.7. The second kappa shape index (κ2) is 12.0. The first-order valence-corrected chi connectivity index (χ1v) is 10.1. The summed E-state index contributed by atoms with van der Waals surface area (Å²) >= 11 is 5.90. The fourth-order valence-corrected chi connectivity index (χ4v) is 3.06. The van der Waals surface area contributed by atoms with Gasteiger partial charge in [-0.1, -0.05) is 88.4 Å². The molecule has 0 N–H and O–H groups in total. The van der Waals surface area contributed by atoms with Gasteiger partial charge >= 0.3 is 0 Å². The van der Waals surface area contributed by atoms with Crippen molar-refractivity contribution in [2.45, 2.75) is 77.6 Å². The molecule has 4 heteroatoms. The molecule has 25 heavy (non-hydrogen) atoms. The zero-order valence-corrected chi connectivity index (χ0v) is 16.1. The van der Waals surface area contributed by atoms with Gasteiger partial charge in [0.2, 0.25) is 0 Å². The molecule has 3 nitrogen and oxygen atoms in total. The summed E-state index contributed by atoms with van der Waals surface area (Å²) in [5, 5.41) is 9.27. The summed E-state index contributed by atoms with van der Waals surface area (Å²) in [4.78, 5) is 4.45. The van der Waals surface area contributed by atoms with Crippen molar-refractivity contribution in [2.75, 3.05) is 0 Å². The van der Waals surface area contributed by atoms with E-state index in [1.165, 1.54) is 57.8 Å². The monoisotopic (exact) mass is 359 g/mol. The first kappa shape index (κ1) is 19.8. The number of halogens is 1. The van der Waals surface area contributed by atoms with E-state index in [1.54, 1.807) is 0 Å². The minimum atomic E-state index is 0.724. The van der Waals surface area contributed by atoms with Gasteiger partial charge in [-0.15, -0.1) is 10.2 Å². The molecule has 2 aromatic rings. The van der Waals surface area contributed by atoms with Crippen molar-refractivity contribution in [3.05, 3.63) is 41.3 Å². The molecule has 0 aliphatic carbocycles. The fourth-order valence-electron chi connectivity index (χ4n) is 2.94. The predicted molar refractivity (Wildman–Crippen MR) is 106 cm³/mol. The summed E-state index contributed by atoms with van der Waals surface area (Å²) in [7, 11) is 0. The molecule has 0 unspecified atom stereocenters. The van der Waals surface area contributed by atoms with E-state index in [0.29, 0.717) is 0 Å². The number of benzene rings is 1. The Bertz CT molecular complexity index is 581. The van der Waals surface area contributed by atoms with E-state index in [-0.39, 0.29) is 0 Å². The molecular weight excluding hydrogens is 330 g/mol. The maximum atomic E-state index is 5.90. The van der Waals surface area contributed by atoms with Gasteiger partial charge in [-0.25, -0.2) is 4.98 Å². The Labute approximate surface area is 157 Å². The van der Waals surface area contributed by atoms with Crippen LogP contribution in [0.25, 0.3) is 11.3 Å². The Kier molecular flexibility index (Phi) is 9.50. The summed E-state index contributed by atoms with van der Waals surface area (Å²) in [5.74, 6) is 0.845. The van der Waals surface area contributed by atoms with Crippen LogP contribution in [0.3, 0.4) is 0 Å². The smallest absolute Gasteiger partial charge is 0.150 e. The van der Waals surface area contributed by atoms with Crippen LogP contribution in [0.15, 0.2) is 30.5 Å². The lowest BCUT2D eigenvalue weighted by molar-refractivity contribution is 0.553. The maximum absolute atomic E-state index is 5.90. The Hall–Kier alpha value is -1.48. The molecule has 1 heterocycles. The SMILES string of the molecule is CCCCCCCCCCCCc1ncc(-c2ccc(Cl)cc2)nn1. The first-order valence-electron chi connectivity index (χ1n) is 9.74. The van der Waals surface area contributed by atoms with E-state index in [9.17, 15) is 0 Å². The van der Waals surface area contributed by atoms with Gasteiger partial charge in [-0.05, 0) is 18.6 Å². The van der Waals surface area contributed by atoms with Crippen LogP contribution >= 0.6 is 11.6 Å². The second-order valence-electron chi connectivity index (χ2n) is 6.70. The van der Waals surface area contributed by atoms with Crippen LogP contribution in [0.2, 0.25) is 5.02 Å². The highest BCUT2D eigenvalue weighted by atomic mass is 35.5. The van der Waals surface area contributed by atoms with E-state index in [4.69, 9.17) is 11.6 Å². The minimum absolute atomic E-state index is 0.724. The molecule has 0 aliphatic rings. The lowest BCUT2D eigenvalue weighted by atomic mass is 10.1. The van der Waals surface area contributed by atoms with E-state index < -0.39 is 0 Å². The van der Waals surface area contributed by atoms with Gasteiger partial charge in [0.25, 0.3) is 0 Å². The number of hydrogen-bond acceptors (Lipinski definition) is 3. The predicted octanol–water partition coefficient (Wildman–Crippen LogP) is 6.66. The Morgan fingerprint density at radius 3 is 1.92 bits per heavy atom. The molecule has 136 valence electrons. The molecule has 0 atom stereocenters. The van der Waals surface area contributed by atoms with Gasteiger partial charge in [-0.3, -0.25) is 0 Å². The lowest BCUT2D eigenvalue weighted by Crippen LogP contribution is -1.99. The summed E-state index contributed by atoms with van der Waals surface area (Å²) in [6.45, 7) is 2.27. The van der Waals surface area contributed by atoms with Gasteiger partial charge in [0, 0.05) is 17.0 Å². The highest BCUT2D eigenvalue weighted by Gasteiger charge is 2.03. The Morgan fingerprint density at radius 2 is 1.36 bits per heavy atom. The van der Waals surface area contributed by atoms with Gasteiger partial charge in [0.1, 0.15) is 5.69 Å². The van der Waals surface area contributed by atoms with Crippen LogP contribution in [0, 0.1) is 0 Å². The molecule has 0 saturated carbocycles. The van der Waals surface area contributed by atoms with Gasteiger partial charge in [0.15, 0.2) is 5.82 Å². The first-order chi connectivity index (χ1) is 12.3. The number of aryl methyl sites for hydroxylation is 1. The van der Waals surface area contributed by atoms with Crippen molar-refractivity contribution < 1.29 is 0 Å². The van der Waals surface area contributed by atoms with Crippen LogP contribution in [0.5, 0.6) is 0 Å². The number of aromatic nitrogens is 3. The van der Waals surface area contributed by atoms with E-state index in [1.807, 2.05) is 30.5 Å². The quantitative estimate of drug-likeness (QED) is 0.398. The average Bonchev–Trinajstić information content (AvgIpc) is 2.64. The van der Waals surface area contributed by atoms with Crippen molar-refractivity contribution >= 4 is 11.6 Å². The average molecular weight is 360 g/mol. The molecule has 0 radical (unpaired) electrons. The molecule has 0 spiro atoms. The van der Waals surface area contributed by atoms with E-state index in [2.05, 4.69) is 22.1 Å². The van der Waals surface area contributed by atoms with Gasteiger partial charge < -0.3 is 0 Å². The Morgan fingerprint density at radius 1 is 0.760 bits per heavy atom. The maximum Gasteiger partial charge on any atom is 0.150 e. The normalized spacial score (nSPS) is 11.0. The molecule has 1 aromatic heterocycles. The molecular formula is C21H30ClN3. The van der Waals surface area contributed by atoms with Crippen LogP contribution in [0.1, 0.15) is 77.0 Å². The largest absolute Gasteiger partial charge is 0.237 e. The van der Waals surface area contributed by atoms with E-state index in [0.717, 1.165) is 34.9 Å². The van der Waals surface area contributed by atoms with Crippen LogP contribution < -0.4 is 0 Å². The molecule has 0 fully saturated rings. The summed E-state index contributed by atoms with van der Waals surface area (Å²) in [6, 6.07) is 7.60. The standard InChI is InChI=1S/C21H30ClN3/c1-2-3-4-5-6-7-8-9-10-11-12-21-23-17-20(24-25-21)18-13-15-19(22)16-14-18/h13-17H,2-12H2,1H3. The Balaban J connectivity index is 1.58. The third-order valence-electron chi connectivity index (χ3n) is 4.50. The van der Waals surface area contributed by atoms with Crippen molar-refractivity contribution in [1.29, 1.82) is 0 Å². The van der Waals surface area contributed by atoms with Crippen LogP contribution in [0.4, 0.5) is 0 Å². The second-order valence-corrected chi connectivity index (χ2v) is 7.13. The zero-order valence-electron chi connectivity index (χ0n) is 15.4. The number of hydrogen-bond donors (Lipinski definition) is 0. The number of nitrogens with zero attached hydrogens (tertiary/aromatic N) is 3. The fraction of sp³-hybridized carbons (Fsp3) is 0.571. The van der Waals surface area contributed by atoms with Gasteiger partial charge in [-0.2, -0.15) is 0 Å². The van der Waals surface area contributed by atoms with Gasteiger partial charge in [0.05, 0.1) is 6.20 Å². The number of rotatable bonds is 12.